The number of non-ortho nitro benzene ring substituents is 1. The molecule has 0 aliphatic rings. The van der Waals surface area contributed by atoms with Gasteiger partial charge < -0.3 is 15.4 Å². The number of benzene rings is 1. The molecule has 0 saturated heterocycles. The van der Waals surface area contributed by atoms with E-state index >= 15 is 0 Å². The Kier molecular flexibility index (Phi) is 10.6. The quantitative estimate of drug-likeness (QED) is 0.151. The number of nitrogens with one attached hydrogen (secondary N) is 3. The zero-order chi connectivity index (χ0) is 21.9. The molecule has 0 amide bonds. The smallest absolute Gasteiger partial charge is 0.270 e. The van der Waals surface area contributed by atoms with E-state index in [0.717, 1.165) is 12.5 Å². The normalized spacial score (nSPS) is 13.3. The van der Waals surface area contributed by atoms with E-state index in [9.17, 15) is 18.5 Å². The molecule has 11 heteroatoms. The monoisotopic (exact) mass is 429 g/mol. The van der Waals surface area contributed by atoms with Gasteiger partial charge in [-0.1, -0.05) is 19.9 Å². The molecule has 1 atom stereocenters. The Hall–Kier alpha value is -2.24. The Morgan fingerprint density at radius 3 is 2.52 bits per heavy atom. The number of nitro groups is 1. The summed E-state index contributed by atoms with van der Waals surface area (Å²) < 4.78 is 32.7. The van der Waals surface area contributed by atoms with Gasteiger partial charge in [0.1, 0.15) is 0 Å². The molecule has 10 nitrogen and oxygen atoms in total. The molecule has 0 heterocycles. The summed E-state index contributed by atoms with van der Waals surface area (Å²) in [5, 5.41) is 17.0. The van der Waals surface area contributed by atoms with E-state index in [0.29, 0.717) is 31.6 Å². The molecular weight excluding hydrogens is 398 g/mol. The molecular formula is C18H31N5O5S. The lowest BCUT2D eigenvalue weighted by molar-refractivity contribution is -0.385. The van der Waals surface area contributed by atoms with E-state index < -0.39 is 14.9 Å². The van der Waals surface area contributed by atoms with Gasteiger partial charge in [-0.3, -0.25) is 15.1 Å². The van der Waals surface area contributed by atoms with Gasteiger partial charge in [0, 0.05) is 45.4 Å². The maximum atomic E-state index is 12.3. The van der Waals surface area contributed by atoms with Crippen molar-refractivity contribution in [2.75, 3.05) is 33.3 Å². The third-order valence-electron chi connectivity index (χ3n) is 4.12. The van der Waals surface area contributed by atoms with Gasteiger partial charge in [0.25, 0.3) is 5.69 Å². The number of nitrogens with zero attached hydrogens (tertiary/aromatic N) is 2. The molecule has 1 aromatic rings. The number of sulfonamides is 1. The van der Waals surface area contributed by atoms with Crippen LogP contribution in [-0.4, -0.2) is 58.7 Å². The summed E-state index contributed by atoms with van der Waals surface area (Å²) in [5.74, 6) is 0.966. The highest BCUT2D eigenvalue weighted by Crippen LogP contribution is 2.16. The SMILES string of the molecule is CCOC(CCNC(=NC)NCCNS(=O)(=O)c1cccc([N+](=O)[O-])c1)C(C)C. The predicted octanol–water partition coefficient (Wildman–Crippen LogP) is 1.49. The molecule has 0 saturated carbocycles. The fourth-order valence-electron chi connectivity index (χ4n) is 2.59. The standard InChI is InChI=1S/C18H31N5O5S/c1-5-28-17(14(2)3)9-10-20-18(19-4)21-11-12-22-29(26,27)16-8-6-7-15(13-16)23(24)25/h6-8,13-14,17,22H,5,9-12H2,1-4H3,(H2,19,20,21). The van der Waals surface area contributed by atoms with Crippen molar-refractivity contribution in [1.82, 2.24) is 15.4 Å². The van der Waals surface area contributed by atoms with Crippen LogP contribution >= 0.6 is 0 Å². The molecule has 3 N–H and O–H groups in total. The average molecular weight is 430 g/mol. The third kappa shape index (κ3) is 8.75. The van der Waals surface area contributed by atoms with Crippen molar-refractivity contribution in [1.29, 1.82) is 0 Å². The maximum absolute atomic E-state index is 12.3. The summed E-state index contributed by atoms with van der Waals surface area (Å²) in [7, 11) is -2.21. The van der Waals surface area contributed by atoms with Gasteiger partial charge >= 0.3 is 0 Å². The molecule has 1 rings (SSSR count). The van der Waals surface area contributed by atoms with E-state index in [1.54, 1.807) is 7.05 Å². The van der Waals surface area contributed by atoms with Gasteiger partial charge in [0.15, 0.2) is 5.96 Å². The number of nitro benzene ring substituents is 1. The van der Waals surface area contributed by atoms with Gasteiger partial charge in [-0.25, -0.2) is 13.1 Å². The van der Waals surface area contributed by atoms with Gasteiger partial charge in [-0.2, -0.15) is 0 Å². The van der Waals surface area contributed by atoms with Crippen LogP contribution < -0.4 is 15.4 Å². The van der Waals surface area contributed by atoms with Crippen molar-refractivity contribution in [2.45, 2.75) is 38.2 Å². The molecule has 29 heavy (non-hydrogen) atoms. The van der Waals surface area contributed by atoms with Gasteiger partial charge in [0.2, 0.25) is 10.0 Å². The number of ether oxygens (including phenoxy) is 1. The molecule has 0 bridgehead atoms. The van der Waals surface area contributed by atoms with Gasteiger partial charge in [0.05, 0.1) is 15.9 Å². The average Bonchev–Trinajstić information content (AvgIpc) is 2.68. The van der Waals surface area contributed by atoms with Crippen molar-refractivity contribution in [2.24, 2.45) is 10.9 Å². The molecule has 0 fully saturated rings. The lowest BCUT2D eigenvalue weighted by atomic mass is 10.0. The highest BCUT2D eigenvalue weighted by Gasteiger charge is 2.17. The second-order valence-electron chi connectivity index (χ2n) is 6.60. The topological polar surface area (TPSA) is 135 Å². The maximum Gasteiger partial charge on any atom is 0.270 e. The first-order chi connectivity index (χ1) is 13.7. The first-order valence-electron chi connectivity index (χ1n) is 9.51. The molecule has 0 spiro atoms. The van der Waals surface area contributed by atoms with Crippen LogP contribution in [0.4, 0.5) is 5.69 Å². The Labute approximate surface area is 172 Å². The van der Waals surface area contributed by atoms with E-state index in [-0.39, 0.29) is 23.2 Å². The van der Waals surface area contributed by atoms with Crippen LogP contribution in [0.5, 0.6) is 0 Å². The first-order valence-corrected chi connectivity index (χ1v) is 11.0. The van der Waals surface area contributed by atoms with Crippen molar-refractivity contribution in [3.05, 3.63) is 34.4 Å². The van der Waals surface area contributed by atoms with Crippen LogP contribution in [0.2, 0.25) is 0 Å². The highest BCUT2D eigenvalue weighted by molar-refractivity contribution is 7.89. The van der Waals surface area contributed by atoms with Crippen LogP contribution in [0, 0.1) is 16.0 Å². The number of hydrogen-bond acceptors (Lipinski definition) is 6. The summed E-state index contributed by atoms with van der Waals surface area (Å²) in [4.78, 5) is 14.1. The molecule has 0 radical (unpaired) electrons. The van der Waals surface area contributed by atoms with Crippen LogP contribution in [0.3, 0.4) is 0 Å². The van der Waals surface area contributed by atoms with Crippen molar-refractivity contribution in [3.8, 4) is 0 Å². The molecule has 164 valence electrons. The fraction of sp³-hybridized carbons (Fsp3) is 0.611. The zero-order valence-electron chi connectivity index (χ0n) is 17.3. The summed E-state index contributed by atoms with van der Waals surface area (Å²) in [6.45, 7) is 7.92. The summed E-state index contributed by atoms with van der Waals surface area (Å²) in [5.41, 5.74) is -0.276. The minimum atomic E-state index is -3.84. The number of rotatable bonds is 12. The molecule has 1 unspecified atom stereocenters. The molecule has 0 aliphatic heterocycles. The summed E-state index contributed by atoms with van der Waals surface area (Å²) in [6, 6.07) is 4.92. The predicted molar refractivity (Wildman–Crippen MR) is 113 cm³/mol. The van der Waals surface area contributed by atoms with Crippen LogP contribution in [0.25, 0.3) is 0 Å². The summed E-state index contributed by atoms with van der Waals surface area (Å²) >= 11 is 0. The Morgan fingerprint density at radius 1 is 1.24 bits per heavy atom. The Morgan fingerprint density at radius 2 is 1.93 bits per heavy atom. The van der Waals surface area contributed by atoms with Gasteiger partial charge in [-0.15, -0.1) is 0 Å². The van der Waals surface area contributed by atoms with Crippen molar-refractivity contribution < 1.29 is 18.1 Å². The highest BCUT2D eigenvalue weighted by atomic mass is 32.2. The minimum Gasteiger partial charge on any atom is -0.378 e. The van der Waals surface area contributed by atoms with Crippen LogP contribution in [-0.2, 0) is 14.8 Å². The Balaban J connectivity index is 2.45. The number of aliphatic imine (C=N–C) groups is 1. The lowest BCUT2D eigenvalue weighted by Crippen LogP contribution is -2.42. The second kappa shape index (κ2) is 12.3. The minimum absolute atomic E-state index is 0.0965. The van der Waals surface area contributed by atoms with Crippen LogP contribution in [0.15, 0.2) is 34.2 Å². The fourth-order valence-corrected chi connectivity index (χ4v) is 3.66. The largest absolute Gasteiger partial charge is 0.378 e. The molecule has 0 aliphatic carbocycles. The summed E-state index contributed by atoms with van der Waals surface area (Å²) in [6.07, 6.45) is 0.985. The number of guanidine groups is 1. The lowest BCUT2D eigenvalue weighted by Gasteiger charge is -2.21. The van der Waals surface area contributed by atoms with Gasteiger partial charge in [-0.05, 0) is 25.3 Å². The zero-order valence-corrected chi connectivity index (χ0v) is 18.2. The van der Waals surface area contributed by atoms with Crippen molar-refractivity contribution in [3.63, 3.8) is 0 Å². The van der Waals surface area contributed by atoms with E-state index in [2.05, 4.69) is 34.2 Å². The third-order valence-corrected chi connectivity index (χ3v) is 5.58. The Bertz CT molecular complexity index is 783. The van der Waals surface area contributed by atoms with Crippen LogP contribution in [0.1, 0.15) is 27.2 Å². The number of hydrogen-bond donors (Lipinski definition) is 3. The van der Waals surface area contributed by atoms with E-state index in [4.69, 9.17) is 4.74 Å². The van der Waals surface area contributed by atoms with E-state index in [1.807, 2.05) is 6.92 Å². The molecule has 0 aromatic heterocycles. The van der Waals surface area contributed by atoms with E-state index in [1.165, 1.54) is 18.2 Å². The van der Waals surface area contributed by atoms with Crippen molar-refractivity contribution >= 4 is 21.7 Å². The first kappa shape index (κ1) is 24.8. The second-order valence-corrected chi connectivity index (χ2v) is 8.37. The molecule has 1 aromatic carbocycles.